The number of thioether (sulfide) groups is 1. The van der Waals surface area contributed by atoms with Crippen LogP contribution in [-0.4, -0.2) is 58.1 Å². The zero-order valence-electron chi connectivity index (χ0n) is 18.2. The first-order valence-corrected chi connectivity index (χ1v) is 11.5. The van der Waals surface area contributed by atoms with Crippen LogP contribution in [-0.2, 0) is 25.7 Å². The molecule has 1 N–H and O–H groups in total. The zero-order valence-corrected chi connectivity index (χ0v) is 19.0. The van der Waals surface area contributed by atoms with E-state index in [0.29, 0.717) is 11.3 Å². The number of carbonyl (C=O) groups is 3. The van der Waals surface area contributed by atoms with Gasteiger partial charge in [0, 0.05) is 23.5 Å². The molecular formula is C23H20FN3O7S. The summed E-state index contributed by atoms with van der Waals surface area (Å²) in [4.78, 5) is 49.2. The van der Waals surface area contributed by atoms with Crippen LogP contribution in [0.2, 0.25) is 0 Å². The van der Waals surface area contributed by atoms with Crippen molar-refractivity contribution in [3.8, 4) is 5.75 Å². The highest BCUT2D eigenvalue weighted by molar-refractivity contribution is 8.00. The van der Waals surface area contributed by atoms with Gasteiger partial charge in [-0.3, -0.25) is 24.6 Å². The number of alkyl halides is 1. The summed E-state index contributed by atoms with van der Waals surface area (Å²) in [5.41, 5.74) is 0.328. The van der Waals surface area contributed by atoms with Crippen LogP contribution in [0, 0.1) is 10.1 Å². The number of nitrogens with one attached hydrogen (secondary N) is 1. The first-order valence-electron chi connectivity index (χ1n) is 10.5. The number of ether oxygens (including phenoxy) is 2. The normalized spacial score (nSPS) is 18.9. The molecule has 1 saturated heterocycles. The summed E-state index contributed by atoms with van der Waals surface area (Å²) < 4.78 is 24.3. The second kappa shape index (κ2) is 10.6. The van der Waals surface area contributed by atoms with E-state index in [4.69, 9.17) is 9.47 Å². The van der Waals surface area contributed by atoms with Crippen LogP contribution in [0.5, 0.6) is 5.75 Å². The molecule has 2 heterocycles. The van der Waals surface area contributed by atoms with E-state index >= 15 is 0 Å². The van der Waals surface area contributed by atoms with E-state index < -0.39 is 40.8 Å². The Hall–Kier alpha value is -3.93. The third-order valence-corrected chi connectivity index (χ3v) is 6.69. The van der Waals surface area contributed by atoms with Crippen molar-refractivity contribution in [1.82, 2.24) is 10.2 Å². The number of para-hydroxylation sites is 1. The number of β-lactam (4-membered cyclic amide) rings is 1. The van der Waals surface area contributed by atoms with Crippen LogP contribution in [0.25, 0.3) is 0 Å². The maximum absolute atomic E-state index is 13.6. The Kier molecular flexibility index (Phi) is 7.30. The van der Waals surface area contributed by atoms with Crippen molar-refractivity contribution in [2.45, 2.75) is 18.0 Å². The summed E-state index contributed by atoms with van der Waals surface area (Å²) in [5.74, 6) is -1.28. The number of rotatable bonds is 9. The maximum atomic E-state index is 13.6. The number of fused-ring (bicyclic) bond motifs is 1. The Balaban J connectivity index is 1.37. The number of nitro groups is 1. The average molecular weight is 501 g/mol. The maximum Gasteiger partial charge on any atom is 0.355 e. The van der Waals surface area contributed by atoms with Gasteiger partial charge < -0.3 is 14.8 Å². The summed E-state index contributed by atoms with van der Waals surface area (Å²) in [7, 11) is 0. The Morgan fingerprint density at radius 2 is 1.89 bits per heavy atom. The fraction of sp³-hybridized carbons (Fsp3) is 0.261. The molecule has 2 aliphatic heterocycles. The molecule has 2 aromatic carbocycles. The van der Waals surface area contributed by atoms with Crippen molar-refractivity contribution < 1.29 is 33.2 Å². The standard InChI is InChI=1S/C23H20FN3O7S/c24-10-15-13-35-22-19(25-18(28)12-33-17-4-2-1-3-5-17)21(29)26(22)20(15)23(30)34-11-14-6-8-16(9-7-14)27(31)32/h1-9,19,22H,10-13H2,(H,25,28)/t19?,22-/m0/s1. The minimum Gasteiger partial charge on any atom is -0.484 e. The van der Waals surface area contributed by atoms with Gasteiger partial charge in [0.15, 0.2) is 6.61 Å². The zero-order chi connectivity index (χ0) is 24.9. The van der Waals surface area contributed by atoms with Crippen LogP contribution in [0.4, 0.5) is 10.1 Å². The molecule has 10 nitrogen and oxygen atoms in total. The topological polar surface area (TPSA) is 128 Å². The summed E-state index contributed by atoms with van der Waals surface area (Å²) in [6.45, 7) is -1.44. The number of amides is 2. The van der Waals surface area contributed by atoms with Gasteiger partial charge >= 0.3 is 5.97 Å². The van der Waals surface area contributed by atoms with Gasteiger partial charge in [0.25, 0.3) is 17.5 Å². The van der Waals surface area contributed by atoms with Gasteiger partial charge in [0.05, 0.1) is 4.92 Å². The summed E-state index contributed by atoms with van der Waals surface area (Å²) in [6, 6.07) is 13.3. The number of hydrogen-bond donors (Lipinski definition) is 1. The van der Waals surface area contributed by atoms with Crippen LogP contribution >= 0.6 is 11.8 Å². The average Bonchev–Trinajstić information content (AvgIpc) is 2.88. The van der Waals surface area contributed by atoms with Crippen molar-refractivity contribution in [3.63, 3.8) is 0 Å². The lowest BCUT2D eigenvalue weighted by Crippen LogP contribution is -2.71. The number of nitro benzene ring substituents is 1. The lowest BCUT2D eigenvalue weighted by molar-refractivity contribution is -0.384. The molecule has 0 spiro atoms. The largest absolute Gasteiger partial charge is 0.484 e. The SMILES string of the molecule is O=C(COc1ccccc1)NC1C(=O)N2C(C(=O)OCc3ccc([N+](=O)[O-])cc3)=C(CF)CS[C@@H]12. The predicted octanol–water partition coefficient (Wildman–Crippen LogP) is 2.34. The fourth-order valence-corrected chi connectivity index (χ4v) is 4.91. The van der Waals surface area contributed by atoms with Gasteiger partial charge in [0.1, 0.15) is 36.1 Å². The van der Waals surface area contributed by atoms with Gasteiger partial charge in [0.2, 0.25) is 0 Å². The summed E-state index contributed by atoms with van der Waals surface area (Å²) >= 11 is 1.23. The summed E-state index contributed by atoms with van der Waals surface area (Å²) in [5, 5.41) is 12.8. The number of non-ortho nitro benzene ring substituents is 1. The molecule has 0 aromatic heterocycles. The van der Waals surface area contributed by atoms with E-state index in [-0.39, 0.29) is 35.9 Å². The van der Waals surface area contributed by atoms with E-state index in [1.165, 1.54) is 36.0 Å². The van der Waals surface area contributed by atoms with Gasteiger partial charge in [-0.05, 0) is 29.8 Å². The Bertz CT molecular complexity index is 1170. The number of esters is 1. The first kappa shape index (κ1) is 24.2. The van der Waals surface area contributed by atoms with E-state index in [2.05, 4.69) is 5.32 Å². The molecule has 2 aliphatic rings. The van der Waals surface area contributed by atoms with E-state index in [0.717, 1.165) is 4.90 Å². The predicted molar refractivity (Wildman–Crippen MR) is 123 cm³/mol. The Labute approximate surface area is 203 Å². The van der Waals surface area contributed by atoms with Crippen molar-refractivity contribution >= 4 is 35.2 Å². The second-order valence-corrected chi connectivity index (χ2v) is 8.75. The molecule has 0 saturated carbocycles. The Morgan fingerprint density at radius 3 is 2.54 bits per heavy atom. The lowest BCUT2D eigenvalue weighted by atomic mass is 10.0. The quantitative estimate of drug-likeness (QED) is 0.240. The minimum atomic E-state index is -0.937. The third kappa shape index (κ3) is 5.27. The van der Waals surface area contributed by atoms with Gasteiger partial charge in [-0.25, -0.2) is 9.18 Å². The fourth-order valence-electron chi connectivity index (χ4n) is 3.59. The van der Waals surface area contributed by atoms with E-state index in [1.807, 2.05) is 6.07 Å². The van der Waals surface area contributed by atoms with Crippen LogP contribution in [0.1, 0.15) is 5.56 Å². The number of carbonyl (C=O) groups excluding carboxylic acids is 3. The van der Waals surface area contributed by atoms with Gasteiger partial charge in [-0.2, -0.15) is 0 Å². The minimum absolute atomic E-state index is 0.108. The van der Waals surface area contributed by atoms with Crippen molar-refractivity contribution in [2.75, 3.05) is 19.0 Å². The molecule has 35 heavy (non-hydrogen) atoms. The smallest absolute Gasteiger partial charge is 0.355 e. The first-order chi connectivity index (χ1) is 16.9. The van der Waals surface area contributed by atoms with Gasteiger partial charge in [-0.1, -0.05) is 18.2 Å². The Morgan fingerprint density at radius 1 is 1.17 bits per heavy atom. The second-order valence-electron chi connectivity index (χ2n) is 7.64. The van der Waals surface area contributed by atoms with Crippen molar-refractivity contribution in [1.29, 1.82) is 0 Å². The highest BCUT2D eigenvalue weighted by Gasteiger charge is 2.54. The van der Waals surface area contributed by atoms with E-state index in [1.54, 1.807) is 24.3 Å². The lowest BCUT2D eigenvalue weighted by Gasteiger charge is -2.49. The molecule has 2 atom stereocenters. The molecule has 2 aromatic rings. The molecule has 2 amide bonds. The molecule has 182 valence electrons. The highest BCUT2D eigenvalue weighted by atomic mass is 32.2. The number of benzene rings is 2. The molecule has 0 radical (unpaired) electrons. The van der Waals surface area contributed by atoms with Gasteiger partial charge in [-0.15, -0.1) is 11.8 Å². The monoisotopic (exact) mass is 501 g/mol. The molecular weight excluding hydrogens is 481 g/mol. The van der Waals surface area contributed by atoms with Crippen LogP contribution in [0.15, 0.2) is 65.9 Å². The molecule has 1 unspecified atom stereocenters. The third-order valence-electron chi connectivity index (χ3n) is 5.35. The van der Waals surface area contributed by atoms with Crippen LogP contribution < -0.4 is 10.1 Å². The molecule has 12 heteroatoms. The van der Waals surface area contributed by atoms with E-state index in [9.17, 15) is 28.9 Å². The molecule has 0 bridgehead atoms. The van der Waals surface area contributed by atoms with Crippen LogP contribution in [0.3, 0.4) is 0 Å². The number of hydrogen-bond acceptors (Lipinski definition) is 8. The number of halogens is 1. The number of nitrogens with zero attached hydrogens (tertiary/aromatic N) is 2. The van der Waals surface area contributed by atoms with Crippen molar-refractivity contribution in [2.24, 2.45) is 0 Å². The molecule has 1 fully saturated rings. The molecule has 4 rings (SSSR count). The summed E-state index contributed by atoms with van der Waals surface area (Å²) in [6.07, 6.45) is 0. The van der Waals surface area contributed by atoms with Crippen molar-refractivity contribution in [3.05, 3.63) is 81.5 Å². The molecule has 0 aliphatic carbocycles. The highest BCUT2D eigenvalue weighted by Crippen LogP contribution is 2.40.